The van der Waals surface area contributed by atoms with E-state index in [1.807, 2.05) is 30.3 Å². The summed E-state index contributed by atoms with van der Waals surface area (Å²) < 4.78 is 0. The molecular formula is C20H18ClN3O3. The third-order valence-electron chi connectivity index (χ3n) is 4.28. The van der Waals surface area contributed by atoms with E-state index in [2.05, 4.69) is 10.9 Å². The van der Waals surface area contributed by atoms with Crippen LogP contribution >= 0.6 is 11.6 Å². The average molecular weight is 384 g/mol. The number of carbonyl (C=O) groups excluding carboxylic acids is 3. The van der Waals surface area contributed by atoms with Gasteiger partial charge in [-0.05, 0) is 29.3 Å². The highest BCUT2D eigenvalue weighted by Gasteiger charge is 2.28. The maximum Gasteiger partial charge on any atom is 0.271 e. The second-order valence-corrected chi connectivity index (χ2v) is 6.48. The first-order valence-corrected chi connectivity index (χ1v) is 8.75. The van der Waals surface area contributed by atoms with Gasteiger partial charge in [0.05, 0.1) is 23.0 Å². The summed E-state index contributed by atoms with van der Waals surface area (Å²) in [7, 11) is 0. The summed E-state index contributed by atoms with van der Waals surface area (Å²) in [5.74, 6) is -1.10. The molecule has 0 spiro atoms. The van der Waals surface area contributed by atoms with Crippen LogP contribution in [-0.4, -0.2) is 22.6 Å². The molecule has 0 saturated heterocycles. The zero-order chi connectivity index (χ0) is 19.4. The largest absolute Gasteiger partial charge is 0.311 e. The lowest BCUT2D eigenvalue weighted by atomic mass is 9.93. The molecule has 0 aromatic heterocycles. The third kappa shape index (κ3) is 4.17. The Kier molecular flexibility index (Phi) is 5.57. The summed E-state index contributed by atoms with van der Waals surface area (Å²) >= 11 is 5.97. The zero-order valence-electron chi connectivity index (χ0n) is 14.6. The molecule has 0 aliphatic carbocycles. The average Bonchev–Trinajstić information content (AvgIpc) is 2.66. The van der Waals surface area contributed by atoms with Crippen molar-refractivity contribution in [2.24, 2.45) is 0 Å². The van der Waals surface area contributed by atoms with Crippen LogP contribution in [0.2, 0.25) is 5.02 Å². The van der Waals surface area contributed by atoms with Gasteiger partial charge in [-0.2, -0.15) is 0 Å². The second kappa shape index (κ2) is 8.05. The SMILES string of the molecule is CC(=O)N1C=Cc2ccccc2[C@H]1CC(=O)NNC(=O)c1ccccc1Cl. The van der Waals surface area contributed by atoms with Gasteiger partial charge >= 0.3 is 0 Å². The number of fused-ring (bicyclic) bond motifs is 1. The number of hydrogen-bond acceptors (Lipinski definition) is 3. The Morgan fingerprint density at radius 1 is 1.04 bits per heavy atom. The van der Waals surface area contributed by atoms with Gasteiger partial charge < -0.3 is 4.90 Å². The third-order valence-corrected chi connectivity index (χ3v) is 4.61. The van der Waals surface area contributed by atoms with E-state index >= 15 is 0 Å². The Bertz CT molecular complexity index is 926. The van der Waals surface area contributed by atoms with Crippen molar-refractivity contribution in [3.05, 3.63) is 76.4 Å². The number of hydrazine groups is 1. The van der Waals surface area contributed by atoms with Crippen molar-refractivity contribution < 1.29 is 14.4 Å². The van der Waals surface area contributed by atoms with E-state index in [0.29, 0.717) is 5.02 Å². The van der Waals surface area contributed by atoms with E-state index < -0.39 is 17.9 Å². The van der Waals surface area contributed by atoms with Gasteiger partial charge in [0.1, 0.15) is 0 Å². The van der Waals surface area contributed by atoms with E-state index in [4.69, 9.17) is 11.6 Å². The van der Waals surface area contributed by atoms with E-state index in [1.54, 1.807) is 30.5 Å². The molecule has 0 fully saturated rings. The molecule has 1 atom stereocenters. The van der Waals surface area contributed by atoms with Crippen molar-refractivity contribution in [1.82, 2.24) is 15.8 Å². The van der Waals surface area contributed by atoms with Crippen LogP contribution in [0.1, 0.15) is 40.9 Å². The number of rotatable bonds is 3. The van der Waals surface area contributed by atoms with Gasteiger partial charge in [0.15, 0.2) is 0 Å². The van der Waals surface area contributed by atoms with Gasteiger partial charge in [-0.1, -0.05) is 48.0 Å². The molecule has 1 aliphatic heterocycles. The molecule has 0 radical (unpaired) electrons. The molecule has 6 nitrogen and oxygen atoms in total. The van der Waals surface area contributed by atoms with E-state index in [9.17, 15) is 14.4 Å². The summed E-state index contributed by atoms with van der Waals surface area (Å²) in [5.41, 5.74) is 6.83. The van der Waals surface area contributed by atoms with Gasteiger partial charge in [0, 0.05) is 13.1 Å². The summed E-state index contributed by atoms with van der Waals surface area (Å²) in [5, 5.41) is 0.290. The summed E-state index contributed by atoms with van der Waals surface area (Å²) in [6, 6.07) is 13.7. The van der Waals surface area contributed by atoms with Gasteiger partial charge in [-0.3, -0.25) is 25.2 Å². The van der Waals surface area contributed by atoms with E-state index in [0.717, 1.165) is 11.1 Å². The van der Waals surface area contributed by atoms with Crippen LogP contribution in [0.4, 0.5) is 0 Å². The number of carbonyl (C=O) groups is 3. The molecule has 7 heteroatoms. The van der Waals surface area contributed by atoms with Crippen molar-refractivity contribution >= 4 is 35.4 Å². The summed E-state index contributed by atoms with van der Waals surface area (Å²) in [6.45, 7) is 1.45. The van der Waals surface area contributed by atoms with Crippen LogP contribution in [0, 0.1) is 0 Å². The number of nitrogens with one attached hydrogen (secondary N) is 2. The molecule has 3 rings (SSSR count). The first kappa shape index (κ1) is 18.7. The minimum absolute atomic E-state index is 0.00371. The molecule has 27 heavy (non-hydrogen) atoms. The Morgan fingerprint density at radius 3 is 2.48 bits per heavy atom. The lowest BCUT2D eigenvalue weighted by Gasteiger charge is -2.32. The Morgan fingerprint density at radius 2 is 1.74 bits per heavy atom. The molecule has 2 N–H and O–H groups in total. The molecule has 2 aromatic rings. The Balaban J connectivity index is 1.69. The minimum atomic E-state index is -0.513. The lowest BCUT2D eigenvalue weighted by Crippen LogP contribution is -2.43. The van der Waals surface area contributed by atoms with Crippen LogP contribution < -0.4 is 10.9 Å². The standard InChI is InChI=1S/C20H18ClN3O3/c1-13(25)24-11-10-14-6-2-3-7-15(14)18(24)12-19(26)22-23-20(27)16-8-4-5-9-17(16)21/h2-11,18H,12H2,1H3,(H,22,26)(H,23,27)/t18-/m1/s1. The number of amides is 3. The molecular weight excluding hydrogens is 366 g/mol. The molecule has 0 bridgehead atoms. The van der Waals surface area contributed by atoms with Gasteiger partial charge in [-0.25, -0.2) is 0 Å². The maximum absolute atomic E-state index is 12.4. The topological polar surface area (TPSA) is 78.5 Å². The van der Waals surface area contributed by atoms with Crippen molar-refractivity contribution in [1.29, 1.82) is 0 Å². The van der Waals surface area contributed by atoms with Crippen molar-refractivity contribution in [2.75, 3.05) is 0 Å². The van der Waals surface area contributed by atoms with Crippen LogP contribution in [0.5, 0.6) is 0 Å². The molecule has 3 amide bonds. The predicted octanol–water partition coefficient (Wildman–Crippen LogP) is 3.07. The Labute approximate surface area is 161 Å². The second-order valence-electron chi connectivity index (χ2n) is 6.07. The van der Waals surface area contributed by atoms with E-state index in [-0.39, 0.29) is 17.9 Å². The number of benzene rings is 2. The quantitative estimate of drug-likeness (QED) is 0.799. The fourth-order valence-electron chi connectivity index (χ4n) is 2.98. The lowest BCUT2D eigenvalue weighted by molar-refractivity contribution is -0.130. The summed E-state index contributed by atoms with van der Waals surface area (Å²) in [6.07, 6.45) is 3.51. The van der Waals surface area contributed by atoms with E-state index in [1.165, 1.54) is 11.8 Å². The summed E-state index contributed by atoms with van der Waals surface area (Å²) in [4.78, 5) is 38.0. The highest BCUT2D eigenvalue weighted by molar-refractivity contribution is 6.33. The number of halogens is 1. The number of hydrogen-bond donors (Lipinski definition) is 2. The number of nitrogens with zero attached hydrogens (tertiary/aromatic N) is 1. The monoisotopic (exact) mass is 383 g/mol. The van der Waals surface area contributed by atoms with Gasteiger partial charge in [-0.15, -0.1) is 0 Å². The molecule has 2 aromatic carbocycles. The molecule has 138 valence electrons. The van der Waals surface area contributed by atoms with Gasteiger partial charge in [0.25, 0.3) is 5.91 Å². The van der Waals surface area contributed by atoms with Crippen LogP contribution in [0.25, 0.3) is 6.08 Å². The molecule has 0 saturated carbocycles. The van der Waals surface area contributed by atoms with Crippen LogP contribution in [0.15, 0.2) is 54.7 Å². The fourth-order valence-corrected chi connectivity index (χ4v) is 3.20. The van der Waals surface area contributed by atoms with Gasteiger partial charge in [0.2, 0.25) is 11.8 Å². The van der Waals surface area contributed by atoms with Crippen LogP contribution in [-0.2, 0) is 9.59 Å². The highest BCUT2D eigenvalue weighted by Crippen LogP contribution is 2.32. The predicted molar refractivity (Wildman–Crippen MR) is 102 cm³/mol. The zero-order valence-corrected chi connectivity index (χ0v) is 15.4. The van der Waals surface area contributed by atoms with Crippen LogP contribution in [0.3, 0.4) is 0 Å². The fraction of sp³-hybridized carbons (Fsp3) is 0.150. The highest BCUT2D eigenvalue weighted by atomic mass is 35.5. The smallest absolute Gasteiger partial charge is 0.271 e. The maximum atomic E-state index is 12.4. The minimum Gasteiger partial charge on any atom is -0.311 e. The molecule has 0 unspecified atom stereocenters. The Hall–Kier alpha value is -3.12. The van der Waals surface area contributed by atoms with Crippen molar-refractivity contribution in [3.63, 3.8) is 0 Å². The first-order valence-electron chi connectivity index (χ1n) is 8.37. The molecule has 1 aliphatic rings. The van der Waals surface area contributed by atoms with Crippen molar-refractivity contribution in [3.8, 4) is 0 Å². The normalized spacial score (nSPS) is 15.0. The van der Waals surface area contributed by atoms with Crippen molar-refractivity contribution in [2.45, 2.75) is 19.4 Å². The first-order chi connectivity index (χ1) is 13.0. The molecule has 1 heterocycles.